The van der Waals surface area contributed by atoms with Gasteiger partial charge in [-0.15, -0.1) is 0 Å². The van der Waals surface area contributed by atoms with Crippen LogP contribution in [0.3, 0.4) is 0 Å². The molecule has 0 amide bonds. The highest BCUT2D eigenvalue weighted by Crippen LogP contribution is 2.27. The number of hydrogen-bond donors (Lipinski definition) is 1. The van der Waals surface area contributed by atoms with Gasteiger partial charge in [0.2, 0.25) is 0 Å². The molecule has 0 radical (unpaired) electrons. The van der Waals surface area contributed by atoms with Crippen LogP contribution in [-0.4, -0.2) is 9.78 Å². The summed E-state index contributed by atoms with van der Waals surface area (Å²) in [6.45, 7) is 4.23. The molecule has 2 aromatic carbocycles. The zero-order chi connectivity index (χ0) is 14.3. The minimum atomic E-state index is -0.194. The van der Waals surface area contributed by atoms with Crippen LogP contribution in [0.1, 0.15) is 28.4 Å². The van der Waals surface area contributed by atoms with Crippen LogP contribution in [0.2, 0.25) is 0 Å². The Bertz CT molecular complexity index is 771. The van der Waals surface area contributed by atoms with Crippen LogP contribution in [0.15, 0.2) is 42.5 Å². The van der Waals surface area contributed by atoms with Gasteiger partial charge in [0.05, 0.1) is 17.3 Å². The highest BCUT2D eigenvalue weighted by molar-refractivity contribution is 5.82. The first-order chi connectivity index (χ1) is 9.58. The summed E-state index contributed by atoms with van der Waals surface area (Å²) in [6.07, 6.45) is 0. The zero-order valence-corrected chi connectivity index (χ0v) is 12.1. The average Bonchev–Trinajstić information content (AvgIpc) is 2.79. The number of aromatic nitrogens is 2. The van der Waals surface area contributed by atoms with Crippen LogP contribution in [0, 0.1) is 13.8 Å². The van der Waals surface area contributed by atoms with Gasteiger partial charge in [-0.25, -0.2) is 0 Å². The fourth-order valence-corrected chi connectivity index (χ4v) is 2.59. The summed E-state index contributed by atoms with van der Waals surface area (Å²) in [7, 11) is 1.96. The summed E-state index contributed by atoms with van der Waals surface area (Å²) in [6, 6.07) is 14.4. The van der Waals surface area contributed by atoms with E-state index >= 15 is 0 Å². The first kappa shape index (κ1) is 12.9. The van der Waals surface area contributed by atoms with Crippen molar-refractivity contribution in [1.82, 2.24) is 9.78 Å². The molecule has 0 bridgehead atoms. The van der Waals surface area contributed by atoms with Gasteiger partial charge in [-0.2, -0.15) is 5.10 Å². The number of benzene rings is 2. The number of fused-ring (bicyclic) bond motifs is 1. The molecule has 0 saturated heterocycles. The first-order valence-corrected chi connectivity index (χ1v) is 6.82. The summed E-state index contributed by atoms with van der Waals surface area (Å²) in [5.41, 5.74) is 12.1. The van der Waals surface area contributed by atoms with E-state index in [1.807, 2.05) is 23.9 Å². The molecule has 1 atom stereocenters. The monoisotopic (exact) mass is 265 g/mol. The van der Waals surface area contributed by atoms with E-state index in [0.717, 1.165) is 22.2 Å². The molecule has 1 aromatic heterocycles. The quantitative estimate of drug-likeness (QED) is 0.773. The van der Waals surface area contributed by atoms with Crippen LogP contribution in [0.25, 0.3) is 10.9 Å². The molecular weight excluding hydrogens is 246 g/mol. The molecule has 1 unspecified atom stereocenters. The highest BCUT2D eigenvalue weighted by Gasteiger charge is 2.17. The zero-order valence-electron chi connectivity index (χ0n) is 12.1. The standard InChI is InChI=1S/C17H19N3/c1-11-8-9-13(10-12(11)2)16(18)17-14-6-4-5-7-15(14)20(3)19-17/h4-10,16H,18H2,1-3H3. The van der Waals surface area contributed by atoms with Crippen molar-refractivity contribution in [3.8, 4) is 0 Å². The number of rotatable bonds is 2. The number of aryl methyl sites for hydroxylation is 3. The maximum Gasteiger partial charge on any atom is 0.0915 e. The summed E-state index contributed by atoms with van der Waals surface area (Å²) in [4.78, 5) is 0. The fraction of sp³-hybridized carbons (Fsp3) is 0.235. The van der Waals surface area contributed by atoms with E-state index in [-0.39, 0.29) is 6.04 Å². The molecular formula is C17H19N3. The molecule has 3 aromatic rings. The van der Waals surface area contributed by atoms with Crippen LogP contribution in [0.4, 0.5) is 0 Å². The van der Waals surface area contributed by atoms with Crippen LogP contribution < -0.4 is 5.73 Å². The molecule has 0 saturated carbocycles. The predicted molar refractivity (Wildman–Crippen MR) is 82.7 cm³/mol. The molecule has 20 heavy (non-hydrogen) atoms. The maximum atomic E-state index is 6.44. The van der Waals surface area contributed by atoms with E-state index in [4.69, 9.17) is 5.73 Å². The van der Waals surface area contributed by atoms with Crippen molar-refractivity contribution in [1.29, 1.82) is 0 Å². The molecule has 3 heteroatoms. The summed E-state index contributed by atoms with van der Waals surface area (Å²) in [5.74, 6) is 0. The minimum Gasteiger partial charge on any atom is -0.319 e. The Morgan fingerprint density at radius 1 is 1.05 bits per heavy atom. The van der Waals surface area contributed by atoms with Crippen LogP contribution in [0.5, 0.6) is 0 Å². The molecule has 3 nitrogen and oxygen atoms in total. The number of para-hydroxylation sites is 1. The van der Waals surface area contributed by atoms with Crippen molar-refractivity contribution in [3.05, 3.63) is 64.8 Å². The molecule has 2 N–H and O–H groups in total. The lowest BCUT2D eigenvalue weighted by Crippen LogP contribution is -2.13. The van der Waals surface area contributed by atoms with Crippen LogP contribution in [-0.2, 0) is 7.05 Å². The molecule has 102 valence electrons. The molecule has 0 aliphatic heterocycles. The van der Waals surface area contributed by atoms with E-state index in [1.54, 1.807) is 0 Å². The Kier molecular flexibility index (Phi) is 3.07. The van der Waals surface area contributed by atoms with Crippen molar-refractivity contribution in [3.63, 3.8) is 0 Å². The van der Waals surface area contributed by atoms with Gasteiger partial charge in [-0.05, 0) is 36.6 Å². The van der Waals surface area contributed by atoms with E-state index in [2.05, 4.69) is 49.3 Å². The Balaban J connectivity index is 2.12. The van der Waals surface area contributed by atoms with Gasteiger partial charge in [0.1, 0.15) is 0 Å². The van der Waals surface area contributed by atoms with E-state index in [0.29, 0.717) is 0 Å². The summed E-state index contributed by atoms with van der Waals surface area (Å²) in [5, 5.41) is 5.74. The van der Waals surface area contributed by atoms with Crippen molar-refractivity contribution < 1.29 is 0 Å². The highest BCUT2D eigenvalue weighted by atomic mass is 15.3. The van der Waals surface area contributed by atoms with Gasteiger partial charge in [0.15, 0.2) is 0 Å². The lowest BCUT2D eigenvalue weighted by Gasteiger charge is -2.12. The van der Waals surface area contributed by atoms with E-state index < -0.39 is 0 Å². The molecule has 0 fully saturated rings. The first-order valence-electron chi connectivity index (χ1n) is 6.82. The molecule has 0 spiro atoms. The molecule has 0 aliphatic carbocycles. The van der Waals surface area contributed by atoms with Crippen molar-refractivity contribution in [2.75, 3.05) is 0 Å². The summed E-state index contributed by atoms with van der Waals surface area (Å²) < 4.78 is 1.89. The van der Waals surface area contributed by atoms with Crippen molar-refractivity contribution in [2.45, 2.75) is 19.9 Å². The number of nitrogens with zero attached hydrogens (tertiary/aromatic N) is 2. The largest absolute Gasteiger partial charge is 0.319 e. The Morgan fingerprint density at radius 2 is 1.80 bits per heavy atom. The summed E-state index contributed by atoms with van der Waals surface area (Å²) >= 11 is 0. The minimum absolute atomic E-state index is 0.194. The second-order valence-electron chi connectivity index (χ2n) is 5.35. The lowest BCUT2D eigenvalue weighted by molar-refractivity contribution is 0.732. The topological polar surface area (TPSA) is 43.8 Å². The maximum absolute atomic E-state index is 6.44. The van der Waals surface area contributed by atoms with E-state index in [9.17, 15) is 0 Å². The Morgan fingerprint density at radius 3 is 2.55 bits per heavy atom. The van der Waals surface area contributed by atoms with Gasteiger partial charge in [0.25, 0.3) is 0 Å². The normalized spacial score (nSPS) is 12.8. The predicted octanol–water partition coefficient (Wildman–Crippen LogP) is 3.24. The van der Waals surface area contributed by atoms with Crippen molar-refractivity contribution in [2.24, 2.45) is 12.8 Å². The van der Waals surface area contributed by atoms with E-state index in [1.165, 1.54) is 11.1 Å². The average molecular weight is 265 g/mol. The smallest absolute Gasteiger partial charge is 0.0915 e. The van der Waals surface area contributed by atoms with Gasteiger partial charge >= 0.3 is 0 Å². The third-order valence-corrected chi connectivity index (χ3v) is 3.97. The second-order valence-corrected chi connectivity index (χ2v) is 5.35. The van der Waals surface area contributed by atoms with Gasteiger partial charge < -0.3 is 5.73 Å². The third kappa shape index (κ3) is 2.00. The Hall–Kier alpha value is -2.13. The van der Waals surface area contributed by atoms with Crippen molar-refractivity contribution >= 4 is 10.9 Å². The third-order valence-electron chi connectivity index (χ3n) is 3.97. The Labute approximate surface area is 119 Å². The molecule has 0 aliphatic rings. The van der Waals surface area contributed by atoms with Gasteiger partial charge in [0, 0.05) is 12.4 Å². The molecule has 3 rings (SSSR count). The molecule has 1 heterocycles. The van der Waals surface area contributed by atoms with Crippen LogP contribution >= 0.6 is 0 Å². The number of nitrogens with two attached hydrogens (primary N) is 1. The fourth-order valence-electron chi connectivity index (χ4n) is 2.59. The number of hydrogen-bond acceptors (Lipinski definition) is 2. The lowest BCUT2D eigenvalue weighted by atomic mass is 9.98. The van der Waals surface area contributed by atoms with Gasteiger partial charge in [-0.3, -0.25) is 4.68 Å². The second kappa shape index (κ2) is 4.76. The SMILES string of the molecule is Cc1ccc(C(N)c2nn(C)c3ccccc23)cc1C. The van der Waals surface area contributed by atoms with Gasteiger partial charge in [-0.1, -0.05) is 36.4 Å².